The van der Waals surface area contributed by atoms with E-state index in [1.54, 1.807) is 33.8 Å². The normalized spacial score (nSPS) is 18.9. The van der Waals surface area contributed by atoms with E-state index in [1.165, 1.54) is 13.1 Å². The van der Waals surface area contributed by atoms with Crippen LogP contribution in [0.15, 0.2) is 42.5 Å². The highest BCUT2D eigenvalue weighted by Gasteiger charge is 2.44. The summed E-state index contributed by atoms with van der Waals surface area (Å²) in [6.07, 6.45) is 0.0936. The molecule has 0 aliphatic heterocycles. The number of anilines is 2. The lowest BCUT2D eigenvalue weighted by Gasteiger charge is -2.40. The highest BCUT2D eigenvalue weighted by molar-refractivity contribution is 7.92. The number of amides is 2. The highest BCUT2D eigenvalue weighted by Crippen LogP contribution is 2.39. The number of nitrogens with zero attached hydrogens (tertiary/aromatic N) is 4. The molecule has 0 spiro atoms. The molecule has 3 N–H and O–H groups in total. The number of ether oxygens (including phenoxy) is 1. The van der Waals surface area contributed by atoms with Crippen molar-refractivity contribution in [2.24, 2.45) is 17.6 Å². The molecule has 1 saturated carbocycles. The second-order valence-electron chi connectivity index (χ2n) is 12.6. The Morgan fingerprint density at radius 2 is 1.69 bits per heavy atom. The molecule has 0 radical (unpaired) electrons. The van der Waals surface area contributed by atoms with Crippen LogP contribution in [0.1, 0.15) is 58.3 Å². The van der Waals surface area contributed by atoms with E-state index < -0.39 is 39.3 Å². The average Bonchev–Trinajstić information content (AvgIpc) is 3.58. The molecule has 3 unspecified atom stereocenters. The first-order chi connectivity index (χ1) is 19.3. The molecule has 0 bridgehead atoms. The van der Waals surface area contributed by atoms with Gasteiger partial charge in [-0.1, -0.05) is 37.3 Å². The van der Waals surface area contributed by atoms with Crippen molar-refractivity contribution in [3.05, 3.63) is 53.6 Å². The van der Waals surface area contributed by atoms with Gasteiger partial charge in [0, 0.05) is 27.1 Å². The quantitative estimate of drug-likeness (QED) is 0.376. The summed E-state index contributed by atoms with van der Waals surface area (Å²) in [7, 11) is -0.409. The molecule has 2 amide bonds. The SMILES string of the molecule is CC1CC1CN(C)c1cc(C(O)CN(C(=O)OC(C)(C)C)[C@@](C)(Cc2ccccc2)C(N)=O)cc(N(C)S(C)(=O)=O)n1. The third kappa shape index (κ3) is 8.34. The summed E-state index contributed by atoms with van der Waals surface area (Å²) in [6, 6.07) is 12.3. The number of aliphatic hydroxyl groups excluding tert-OH is 1. The number of pyridine rings is 1. The molecule has 11 nitrogen and oxygen atoms in total. The van der Waals surface area contributed by atoms with Gasteiger partial charge in [-0.3, -0.25) is 14.0 Å². The summed E-state index contributed by atoms with van der Waals surface area (Å²) in [4.78, 5) is 34.2. The maximum Gasteiger partial charge on any atom is 0.411 e. The van der Waals surface area contributed by atoms with Gasteiger partial charge in [-0.25, -0.2) is 18.2 Å². The second-order valence-corrected chi connectivity index (χ2v) is 14.6. The number of β-amino-alcohol motifs (C(OH)–C–C–N with tert-alkyl or cyclic N) is 1. The van der Waals surface area contributed by atoms with Crippen LogP contribution in [0, 0.1) is 11.8 Å². The van der Waals surface area contributed by atoms with E-state index in [0.29, 0.717) is 23.2 Å². The highest BCUT2D eigenvalue weighted by atomic mass is 32.2. The Labute approximate surface area is 249 Å². The average molecular weight is 604 g/mol. The fourth-order valence-corrected chi connectivity index (χ4v) is 5.15. The predicted octanol–water partition coefficient (Wildman–Crippen LogP) is 3.33. The van der Waals surface area contributed by atoms with Crippen LogP contribution in [0.4, 0.5) is 16.4 Å². The first kappa shape index (κ1) is 33.1. The zero-order valence-corrected chi connectivity index (χ0v) is 26.7. The Balaban J connectivity index is 2.05. The van der Waals surface area contributed by atoms with E-state index in [4.69, 9.17) is 10.5 Å². The number of aromatic nitrogens is 1. The zero-order valence-electron chi connectivity index (χ0n) is 25.9. The van der Waals surface area contributed by atoms with Crippen molar-refractivity contribution in [3.63, 3.8) is 0 Å². The molecule has 2 aromatic rings. The summed E-state index contributed by atoms with van der Waals surface area (Å²) in [5.74, 6) is 0.916. The Morgan fingerprint density at radius 3 is 2.19 bits per heavy atom. The van der Waals surface area contributed by atoms with E-state index in [0.717, 1.165) is 34.0 Å². The van der Waals surface area contributed by atoms with Gasteiger partial charge in [0.25, 0.3) is 0 Å². The molecule has 42 heavy (non-hydrogen) atoms. The number of nitrogens with two attached hydrogens (primary N) is 1. The van der Waals surface area contributed by atoms with E-state index in [9.17, 15) is 23.1 Å². The minimum absolute atomic E-state index is 0.0844. The molecule has 232 valence electrons. The van der Waals surface area contributed by atoms with Gasteiger partial charge in [0.05, 0.1) is 18.9 Å². The maximum atomic E-state index is 13.6. The Kier molecular flexibility index (Phi) is 9.83. The van der Waals surface area contributed by atoms with Crippen LogP contribution in [0.2, 0.25) is 0 Å². The Hall–Kier alpha value is -3.38. The van der Waals surface area contributed by atoms with Crippen molar-refractivity contribution in [1.82, 2.24) is 9.88 Å². The molecule has 1 heterocycles. The van der Waals surface area contributed by atoms with Crippen molar-refractivity contribution in [2.45, 2.75) is 64.7 Å². The van der Waals surface area contributed by atoms with E-state index in [-0.39, 0.29) is 18.8 Å². The van der Waals surface area contributed by atoms with Gasteiger partial charge in [0.2, 0.25) is 15.9 Å². The van der Waals surface area contributed by atoms with Crippen LogP contribution < -0.4 is 14.9 Å². The molecule has 1 aliphatic rings. The number of carbonyl (C=O) groups is 2. The minimum atomic E-state index is -3.66. The van der Waals surface area contributed by atoms with Crippen LogP contribution in [0.25, 0.3) is 0 Å². The molecule has 12 heteroatoms. The van der Waals surface area contributed by atoms with Crippen molar-refractivity contribution >= 4 is 33.7 Å². The van der Waals surface area contributed by atoms with Crippen LogP contribution in [0.5, 0.6) is 0 Å². The Morgan fingerprint density at radius 1 is 1.12 bits per heavy atom. The van der Waals surface area contributed by atoms with Gasteiger partial charge in [-0.15, -0.1) is 0 Å². The lowest BCUT2D eigenvalue weighted by Crippen LogP contribution is -2.60. The van der Waals surface area contributed by atoms with Crippen molar-refractivity contribution in [1.29, 1.82) is 0 Å². The van der Waals surface area contributed by atoms with Gasteiger partial charge >= 0.3 is 6.09 Å². The van der Waals surface area contributed by atoms with E-state index >= 15 is 0 Å². The van der Waals surface area contributed by atoms with Crippen LogP contribution in [-0.2, 0) is 26.0 Å². The second kappa shape index (κ2) is 12.5. The van der Waals surface area contributed by atoms with E-state index in [1.807, 2.05) is 42.3 Å². The summed E-state index contributed by atoms with van der Waals surface area (Å²) < 4.78 is 31.5. The predicted molar refractivity (Wildman–Crippen MR) is 164 cm³/mol. The summed E-state index contributed by atoms with van der Waals surface area (Å²) in [5.41, 5.74) is 4.55. The van der Waals surface area contributed by atoms with Crippen LogP contribution in [0.3, 0.4) is 0 Å². The van der Waals surface area contributed by atoms with Crippen LogP contribution in [-0.4, -0.2) is 80.0 Å². The van der Waals surface area contributed by atoms with Gasteiger partial charge in [0.1, 0.15) is 22.8 Å². The van der Waals surface area contributed by atoms with Crippen molar-refractivity contribution in [3.8, 4) is 0 Å². The first-order valence-electron chi connectivity index (χ1n) is 14.0. The first-order valence-corrected chi connectivity index (χ1v) is 15.9. The summed E-state index contributed by atoms with van der Waals surface area (Å²) >= 11 is 0. The number of aliphatic hydroxyl groups is 1. The smallest absolute Gasteiger partial charge is 0.411 e. The number of primary amides is 1. The Bertz CT molecular complexity index is 1380. The fraction of sp³-hybridized carbons (Fsp3) is 0.567. The van der Waals surface area contributed by atoms with Crippen molar-refractivity contribution < 1.29 is 27.9 Å². The minimum Gasteiger partial charge on any atom is -0.444 e. The molecule has 4 atom stereocenters. The molecular formula is C30H45N5O6S. The standard InChI is InChI=1S/C30H45N5O6S/c1-20-14-23(20)18-33(6)25-15-22(16-26(32-25)34(7)42(8,39)40)24(36)19-35(28(38)41-29(2,3)4)30(5,27(31)37)17-21-12-10-9-11-13-21/h9-13,15-16,20,23-24,36H,14,17-19H2,1-8H3,(H2,31,37)/t20?,23?,24?,30-/m0/s1. The third-order valence-corrected chi connectivity index (χ3v) is 8.87. The maximum absolute atomic E-state index is 13.6. The number of carbonyl (C=O) groups excluding carboxylic acids is 2. The fourth-order valence-electron chi connectivity index (χ4n) is 4.72. The summed E-state index contributed by atoms with van der Waals surface area (Å²) in [5, 5.41) is 11.6. The molecule has 1 aliphatic carbocycles. The number of sulfonamides is 1. The van der Waals surface area contributed by atoms with E-state index in [2.05, 4.69) is 11.9 Å². The molecule has 3 rings (SSSR count). The topological polar surface area (TPSA) is 146 Å². The molecule has 1 fully saturated rings. The molecular weight excluding hydrogens is 558 g/mol. The number of rotatable bonds is 12. The van der Waals surface area contributed by atoms with Crippen molar-refractivity contribution in [2.75, 3.05) is 42.6 Å². The lowest BCUT2D eigenvalue weighted by atomic mass is 9.89. The molecule has 1 aromatic carbocycles. The van der Waals surface area contributed by atoms with Gasteiger partial charge in [0.15, 0.2) is 0 Å². The largest absolute Gasteiger partial charge is 0.444 e. The van der Waals surface area contributed by atoms with Gasteiger partial charge in [-0.05, 0) is 69.2 Å². The zero-order chi connectivity index (χ0) is 31.6. The molecule has 0 saturated heterocycles. The van der Waals surface area contributed by atoms with Gasteiger partial charge in [-0.2, -0.15) is 0 Å². The number of benzene rings is 1. The number of hydrogen-bond acceptors (Lipinski definition) is 8. The molecule has 1 aromatic heterocycles. The summed E-state index contributed by atoms with van der Waals surface area (Å²) in [6.45, 7) is 9.20. The lowest BCUT2D eigenvalue weighted by molar-refractivity contribution is -0.130. The van der Waals surface area contributed by atoms with Crippen LogP contribution >= 0.6 is 0 Å². The van der Waals surface area contributed by atoms with Gasteiger partial charge < -0.3 is 20.5 Å². The monoisotopic (exact) mass is 603 g/mol. The third-order valence-electron chi connectivity index (χ3n) is 7.69. The number of hydrogen-bond donors (Lipinski definition) is 2.